The average molecular weight is 440 g/mol. The molecule has 5 rings (SSSR count). The molecule has 1 spiro atoms. The van der Waals surface area contributed by atoms with Crippen LogP contribution in [0.15, 0.2) is 35.8 Å². The molecule has 9 nitrogen and oxygen atoms in total. The minimum absolute atomic E-state index is 0.153. The summed E-state index contributed by atoms with van der Waals surface area (Å²) in [5.41, 5.74) is 3.45. The molecule has 2 aliphatic heterocycles. The fourth-order valence-corrected chi connectivity index (χ4v) is 5.11. The van der Waals surface area contributed by atoms with Crippen LogP contribution in [0.25, 0.3) is 5.69 Å². The van der Waals surface area contributed by atoms with E-state index in [1.807, 2.05) is 47.7 Å². The highest BCUT2D eigenvalue weighted by molar-refractivity contribution is 7.09. The van der Waals surface area contributed by atoms with E-state index in [0.717, 1.165) is 48.1 Å². The Balaban J connectivity index is 1.30. The van der Waals surface area contributed by atoms with Gasteiger partial charge in [0, 0.05) is 18.0 Å². The van der Waals surface area contributed by atoms with Crippen molar-refractivity contribution in [2.45, 2.75) is 38.3 Å². The lowest BCUT2D eigenvalue weighted by atomic mass is 9.90. The van der Waals surface area contributed by atoms with Gasteiger partial charge in [-0.15, -0.1) is 11.3 Å². The van der Waals surface area contributed by atoms with Crippen LogP contribution >= 0.6 is 11.3 Å². The van der Waals surface area contributed by atoms with Crippen LogP contribution < -0.4 is 4.90 Å². The number of thiazole rings is 1. The van der Waals surface area contributed by atoms with Crippen molar-refractivity contribution >= 4 is 23.2 Å². The second kappa shape index (κ2) is 8.35. The van der Waals surface area contributed by atoms with E-state index in [1.54, 1.807) is 16.0 Å². The first kappa shape index (κ1) is 20.1. The minimum atomic E-state index is -0.327. The fourth-order valence-electron chi connectivity index (χ4n) is 4.32. The molecule has 10 heteroatoms. The Labute approximate surface area is 184 Å². The van der Waals surface area contributed by atoms with Gasteiger partial charge in [0.2, 0.25) is 11.9 Å². The molecule has 0 saturated carbocycles. The van der Waals surface area contributed by atoms with Crippen LogP contribution in [0.1, 0.15) is 29.8 Å². The number of anilines is 1. The third kappa shape index (κ3) is 4.05. The van der Waals surface area contributed by atoms with E-state index in [0.29, 0.717) is 26.1 Å². The number of piperidine rings is 1. The number of amides is 1. The lowest BCUT2D eigenvalue weighted by Crippen LogP contribution is -2.52. The molecule has 2 fully saturated rings. The van der Waals surface area contributed by atoms with Crippen LogP contribution in [0, 0.1) is 6.92 Å². The highest BCUT2D eigenvalue weighted by Crippen LogP contribution is 2.33. The number of nitrogens with zero attached hydrogens (tertiary/aromatic N) is 7. The smallest absolute Gasteiger partial charge is 0.250 e. The highest BCUT2D eigenvalue weighted by atomic mass is 32.1. The van der Waals surface area contributed by atoms with Crippen molar-refractivity contribution < 1.29 is 9.53 Å². The quantitative estimate of drug-likeness (QED) is 0.616. The van der Waals surface area contributed by atoms with Gasteiger partial charge in [0.25, 0.3) is 0 Å². The van der Waals surface area contributed by atoms with E-state index < -0.39 is 0 Å². The topological polar surface area (TPSA) is 89.3 Å². The average Bonchev–Trinajstić information content (AvgIpc) is 3.40. The molecule has 2 saturated heterocycles. The normalized spacial score (nSPS) is 19.1. The lowest BCUT2D eigenvalue weighted by molar-refractivity contribution is -0.132. The van der Waals surface area contributed by atoms with Crippen molar-refractivity contribution in [1.82, 2.24) is 30.1 Å². The number of aromatic nitrogens is 5. The standard InChI is InChI=1S/C21H25N7O2S/c1-16-18(31-15-22-16)13-27-14-21(30-12-7-19(27)29)8-10-26(11-9-21)20-23-24-25-28(20)17-5-3-2-4-6-17/h2-6,15H,7-14H2,1H3. The first-order valence-corrected chi connectivity index (χ1v) is 11.4. The number of aryl methyl sites for hydroxylation is 1. The Morgan fingerprint density at radius 2 is 2.00 bits per heavy atom. The number of carbonyl (C=O) groups is 1. The predicted octanol–water partition coefficient (Wildman–Crippen LogP) is 2.22. The Kier molecular flexibility index (Phi) is 5.41. The largest absolute Gasteiger partial charge is 0.372 e. The Hall–Kier alpha value is -2.85. The van der Waals surface area contributed by atoms with E-state index in [-0.39, 0.29) is 11.5 Å². The maximum atomic E-state index is 12.7. The van der Waals surface area contributed by atoms with Gasteiger partial charge in [-0.25, -0.2) is 4.98 Å². The molecular formula is C21H25N7O2S. The molecule has 0 aliphatic carbocycles. The van der Waals surface area contributed by atoms with E-state index in [2.05, 4.69) is 25.4 Å². The molecule has 31 heavy (non-hydrogen) atoms. The van der Waals surface area contributed by atoms with Crippen LogP contribution in [-0.2, 0) is 16.1 Å². The summed E-state index contributed by atoms with van der Waals surface area (Å²) >= 11 is 1.61. The maximum absolute atomic E-state index is 12.7. The van der Waals surface area contributed by atoms with Crippen molar-refractivity contribution in [2.24, 2.45) is 0 Å². The maximum Gasteiger partial charge on any atom is 0.250 e. The number of hydrogen-bond acceptors (Lipinski definition) is 8. The first-order chi connectivity index (χ1) is 15.1. The van der Waals surface area contributed by atoms with Crippen LogP contribution in [0.4, 0.5) is 5.95 Å². The van der Waals surface area contributed by atoms with Gasteiger partial charge in [-0.2, -0.15) is 4.68 Å². The zero-order valence-corrected chi connectivity index (χ0v) is 18.3. The number of para-hydroxylation sites is 1. The van der Waals surface area contributed by atoms with Gasteiger partial charge in [0.15, 0.2) is 0 Å². The van der Waals surface area contributed by atoms with Crippen molar-refractivity contribution in [3.63, 3.8) is 0 Å². The van der Waals surface area contributed by atoms with Gasteiger partial charge in [-0.3, -0.25) is 4.79 Å². The summed E-state index contributed by atoms with van der Waals surface area (Å²) in [6.45, 7) is 5.23. The summed E-state index contributed by atoms with van der Waals surface area (Å²) < 4.78 is 8.07. The summed E-state index contributed by atoms with van der Waals surface area (Å²) in [7, 11) is 0. The van der Waals surface area contributed by atoms with Crippen molar-refractivity contribution in [3.8, 4) is 5.69 Å². The number of rotatable bonds is 4. The summed E-state index contributed by atoms with van der Waals surface area (Å²) in [6.07, 6.45) is 2.07. The van der Waals surface area contributed by atoms with E-state index >= 15 is 0 Å². The second-order valence-electron chi connectivity index (χ2n) is 8.11. The van der Waals surface area contributed by atoms with Gasteiger partial charge in [-0.05, 0) is 42.3 Å². The molecule has 2 aliphatic rings. The number of benzene rings is 1. The molecule has 0 N–H and O–H groups in total. The molecule has 1 aromatic carbocycles. The SMILES string of the molecule is Cc1ncsc1CN1CC2(CCN(c3nnnn3-c3ccccc3)CC2)OCCC1=O. The molecule has 0 atom stereocenters. The van der Waals surface area contributed by atoms with E-state index in [4.69, 9.17) is 4.74 Å². The molecule has 0 bridgehead atoms. The van der Waals surface area contributed by atoms with Gasteiger partial charge in [0.05, 0.1) is 48.6 Å². The lowest BCUT2D eigenvalue weighted by Gasteiger charge is -2.42. The summed E-state index contributed by atoms with van der Waals surface area (Å²) in [6, 6.07) is 9.90. The molecule has 3 aromatic rings. The van der Waals surface area contributed by atoms with Crippen LogP contribution in [0.5, 0.6) is 0 Å². The third-order valence-corrected chi connectivity index (χ3v) is 7.07. The monoisotopic (exact) mass is 439 g/mol. The Morgan fingerprint density at radius 3 is 2.74 bits per heavy atom. The Bertz CT molecular complexity index is 1040. The number of hydrogen-bond donors (Lipinski definition) is 0. The van der Waals surface area contributed by atoms with Crippen LogP contribution in [0.2, 0.25) is 0 Å². The zero-order chi connectivity index (χ0) is 21.3. The molecule has 4 heterocycles. The molecular weight excluding hydrogens is 414 g/mol. The number of tetrazole rings is 1. The minimum Gasteiger partial charge on any atom is -0.372 e. The van der Waals surface area contributed by atoms with Gasteiger partial charge < -0.3 is 14.5 Å². The van der Waals surface area contributed by atoms with E-state index in [9.17, 15) is 4.79 Å². The van der Waals surface area contributed by atoms with Gasteiger partial charge in [0.1, 0.15) is 0 Å². The molecule has 1 amide bonds. The summed E-state index contributed by atoms with van der Waals surface area (Å²) in [5.74, 6) is 0.892. The third-order valence-electron chi connectivity index (χ3n) is 6.15. The second-order valence-corrected chi connectivity index (χ2v) is 9.04. The molecule has 0 radical (unpaired) electrons. The molecule has 162 valence electrons. The predicted molar refractivity (Wildman–Crippen MR) is 116 cm³/mol. The van der Waals surface area contributed by atoms with Crippen molar-refractivity contribution in [2.75, 3.05) is 31.1 Å². The summed E-state index contributed by atoms with van der Waals surface area (Å²) in [5, 5.41) is 12.3. The van der Waals surface area contributed by atoms with E-state index in [1.165, 1.54) is 0 Å². The number of ether oxygens (including phenoxy) is 1. The van der Waals surface area contributed by atoms with Gasteiger partial charge in [-0.1, -0.05) is 23.3 Å². The summed E-state index contributed by atoms with van der Waals surface area (Å²) in [4.78, 5) is 22.3. The highest BCUT2D eigenvalue weighted by Gasteiger charge is 2.41. The van der Waals surface area contributed by atoms with Gasteiger partial charge >= 0.3 is 0 Å². The Morgan fingerprint density at radius 1 is 1.19 bits per heavy atom. The van der Waals surface area contributed by atoms with Crippen molar-refractivity contribution in [3.05, 3.63) is 46.4 Å². The van der Waals surface area contributed by atoms with Crippen molar-refractivity contribution in [1.29, 1.82) is 0 Å². The first-order valence-electron chi connectivity index (χ1n) is 10.5. The molecule has 2 aromatic heterocycles. The number of carbonyl (C=O) groups excluding carboxylic acids is 1. The van der Waals surface area contributed by atoms with Crippen LogP contribution in [-0.4, -0.2) is 67.8 Å². The van der Waals surface area contributed by atoms with Crippen LogP contribution in [0.3, 0.4) is 0 Å². The zero-order valence-electron chi connectivity index (χ0n) is 17.5. The fraction of sp³-hybridized carbons (Fsp3) is 0.476. The molecule has 0 unspecified atom stereocenters.